The molecule has 1 aliphatic rings. The summed E-state index contributed by atoms with van der Waals surface area (Å²) in [5, 5.41) is 3.43. The van der Waals surface area contributed by atoms with Gasteiger partial charge in [-0.1, -0.05) is 12.1 Å². The summed E-state index contributed by atoms with van der Waals surface area (Å²) in [7, 11) is 4.15. The number of benzene rings is 1. The molecule has 0 radical (unpaired) electrons. The summed E-state index contributed by atoms with van der Waals surface area (Å²) in [6, 6.07) is 5.89. The van der Waals surface area contributed by atoms with Gasteiger partial charge in [0, 0.05) is 24.1 Å². The lowest BCUT2D eigenvalue weighted by atomic mass is 10.0. The van der Waals surface area contributed by atoms with Gasteiger partial charge in [0.15, 0.2) is 5.78 Å². The van der Waals surface area contributed by atoms with Gasteiger partial charge in [-0.05, 0) is 51.2 Å². The van der Waals surface area contributed by atoms with Gasteiger partial charge in [0.05, 0.1) is 5.69 Å². The summed E-state index contributed by atoms with van der Waals surface area (Å²) in [5.74, 6) is 0.986. The Morgan fingerprint density at radius 3 is 2.87 bits per heavy atom. The Balaban J connectivity index is 1.84. The van der Waals surface area contributed by atoms with Crippen molar-refractivity contribution in [2.45, 2.75) is 19.8 Å². The first-order chi connectivity index (χ1) is 11.1. The summed E-state index contributed by atoms with van der Waals surface area (Å²) in [4.78, 5) is 22.6. The fourth-order valence-corrected chi connectivity index (χ4v) is 2.96. The van der Waals surface area contributed by atoms with Crippen molar-refractivity contribution < 1.29 is 4.79 Å². The van der Waals surface area contributed by atoms with E-state index in [0.717, 1.165) is 59.7 Å². The number of ketones is 1. The monoisotopic (exact) mass is 310 g/mol. The first-order valence-corrected chi connectivity index (χ1v) is 7.93. The summed E-state index contributed by atoms with van der Waals surface area (Å²) < 4.78 is 0. The molecule has 5 heteroatoms. The number of carbonyl (C=O) groups excluding carboxylic acids is 1. The molecule has 1 aliphatic carbocycles. The van der Waals surface area contributed by atoms with Crippen LogP contribution in [-0.2, 0) is 6.42 Å². The lowest BCUT2D eigenvalue weighted by Crippen LogP contribution is -2.17. The number of nitrogens with zero attached hydrogens (tertiary/aromatic N) is 3. The lowest BCUT2D eigenvalue weighted by molar-refractivity contribution is 0.101. The maximum Gasteiger partial charge on any atom is 0.159 e. The smallest absolute Gasteiger partial charge is 0.159 e. The van der Waals surface area contributed by atoms with Crippen LogP contribution in [0.15, 0.2) is 24.5 Å². The van der Waals surface area contributed by atoms with E-state index in [-0.39, 0.29) is 5.78 Å². The molecular formula is C18H22N4O. The Hall–Kier alpha value is -2.27. The van der Waals surface area contributed by atoms with Crippen LogP contribution in [0.1, 0.15) is 35.0 Å². The van der Waals surface area contributed by atoms with E-state index in [9.17, 15) is 4.79 Å². The molecule has 1 aromatic carbocycles. The number of fused-ring (bicyclic) bond motifs is 3. The topological polar surface area (TPSA) is 58.1 Å². The molecule has 1 aromatic heterocycles. The summed E-state index contributed by atoms with van der Waals surface area (Å²) >= 11 is 0. The van der Waals surface area contributed by atoms with Crippen molar-refractivity contribution >= 4 is 11.6 Å². The van der Waals surface area contributed by atoms with Crippen LogP contribution in [0, 0.1) is 0 Å². The molecule has 0 fully saturated rings. The molecule has 2 aromatic rings. The number of hydrogen-bond donors (Lipinski definition) is 1. The van der Waals surface area contributed by atoms with Crippen molar-refractivity contribution in [2.24, 2.45) is 0 Å². The predicted molar refractivity (Wildman–Crippen MR) is 91.9 cm³/mol. The molecule has 0 spiro atoms. The number of carbonyl (C=O) groups is 1. The van der Waals surface area contributed by atoms with Crippen molar-refractivity contribution in [1.82, 2.24) is 14.9 Å². The van der Waals surface area contributed by atoms with Crippen LogP contribution in [0.5, 0.6) is 0 Å². The number of Topliss-reactive ketones (excluding diaryl/α,β-unsaturated/α-hetero) is 1. The Bertz CT molecular complexity index is 740. The van der Waals surface area contributed by atoms with E-state index in [1.54, 1.807) is 13.3 Å². The van der Waals surface area contributed by atoms with Crippen LogP contribution in [0.25, 0.3) is 11.1 Å². The maximum atomic E-state index is 11.6. The van der Waals surface area contributed by atoms with Crippen LogP contribution >= 0.6 is 0 Å². The number of anilines is 1. The molecule has 0 aliphatic heterocycles. The molecular weight excluding hydrogens is 288 g/mol. The third kappa shape index (κ3) is 3.24. The summed E-state index contributed by atoms with van der Waals surface area (Å²) in [5.41, 5.74) is 5.17. The van der Waals surface area contributed by atoms with Crippen LogP contribution < -0.4 is 5.32 Å². The van der Waals surface area contributed by atoms with E-state index in [0.29, 0.717) is 0 Å². The minimum absolute atomic E-state index is 0.0943. The van der Waals surface area contributed by atoms with Crippen LogP contribution in [0.4, 0.5) is 5.82 Å². The molecule has 0 atom stereocenters. The molecule has 0 saturated heterocycles. The average molecular weight is 310 g/mol. The Morgan fingerprint density at radius 2 is 2.13 bits per heavy atom. The minimum Gasteiger partial charge on any atom is -0.369 e. The van der Waals surface area contributed by atoms with E-state index in [1.165, 1.54) is 0 Å². The third-order valence-corrected chi connectivity index (χ3v) is 4.14. The predicted octanol–water partition coefficient (Wildman–Crippen LogP) is 2.61. The second-order valence-corrected chi connectivity index (χ2v) is 6.23. The average Bonchev–Trinajstić information content (AvgIpc) is 2.89. The Labute approximate surface area is 136 Å². The van der Waals surface area contributed by atoms with Crippen molar-refractivity contribution in [1.29, 1.82) is 0 Å². The molecule has 23 heavy (non-hydrogen) atoms. The molecule has 1 heterocycles. The first-order valence-electron chi connectivity index (χ1n) is 7.93. The molecule has 3 rings (SSSR count). The fourth-order valence-electron chi connectivity index (χ4n) is 2.96. The van der Waals surface area contributed by atoms with E-state index in [2.05, 4.69) is 34.3 Å². The maximum absolute atomic E-state index is 11.6. The summed E-state index contributed by atoms with van der Waals surface area (Å²) in [6.45, 7) is 3.52. The van der Waals surface area contributed by atoms with E-state index in [1.807, 2.05) is 18.2 Å². The highest BCUT2D eigenvalue weighted by Crippen LogP contribution is 2.39. The van der Waals surface area contributed by atoms with Crippen LogP contribution in [0.2, 0.25) is 0 Å². The molecule has 5 nitrogen and oxygen atoms in total. The number of nitrogens with one attached hydrogen (secondary N) is 1. The van der Waals surface area contributed by atoms with Gasteiger partial charge in [0.1, 0.15) is 12.1 Å². The second kappa shape index (κ2) is 6.46. The van der Waals surface area contributed by atoms with Gasteiger partial charge < -0.3 is 10.2 Å². The highest BCUT2D eigenvalue weighted by Gasteiger charge is 2.24. The normalized spacial score (nSPS) is 12.2. The largest absolute Gasteiger partial charge is 0.369 e. The molecule has 0 saturated carbocycles. The van der Waals surface area contributed by atoms with Crippen molar-refractivity contribution in [3.8, 4) is 11.1 Å². The quantitative estimate of drug-likeness (QED) is 0.560. The number of aromatic nitrogens is 2. The van der Waals surface area contributed by atoms with Gasteiger partial charge in [-0.3, -0.25) is 4.79 Å². The van der Waals surface area contributed by atoms with Gasteiger partial charge in [0.25, 0.3) is 0 Å². The second-order valence-electron chi connectivity index (χ2n) is 6.23. The number of hydrogen-bond acceptors (Lipinski definition) is 5. The zero-order valence-electron chi connectivity index (χ0n) is 13.9. The molecule has 1 N–H and O–H groups in total. The zero-order chi connectivity index (χ0) is 16.4. The van der Waals surface area contributed by atoms with Crippen LogP contribution in [0.3, 0.4) is 0 Å². The van der Waals surface area contributed by atoms with E-state index in [4.69, 9.17) is 0 Å². The zero-order valence-corrected chi connectivity index (χ0v) is 13.9. The van der Waals surface area contributed by atoms with Crippen molar-refractivity contribution in [3.63, 3.8) is 0 Å². The van der Waals surface area contributed by atoms with Gasteiger partial charge in [-0.15, -0.1) is 0 Å². The van der Waals surface area contributed by atoms with Crippen LogP contribution in [-0.4, -0.2) is 47.8 Å². The fraction of sp³-hybridized carbons (Fsp3) is 0.389. The third-order valence-electron chi connectivity index (χ3n) is 4.14. The van der Waals surface area contributed by atoms with Gasteiger partial charge in [-0.2, -0.15) is 0 Å². The lowest BCUT2D eigenvalue weighted by Gasteiger charge is -2.12. The standard InChI is InChI=1S/C18H22N4O/c1-12(23)13-5-6-15-14(9-13)10-16-17(15)18(21-11-20-16)19-7-4-8-22(2)3/h5-6,9,11H,4,7-8,10H2,1-3H3,(H,19,20,21). The van der Waals surface area contributed by atoms with Gasteiger partial charge in [0.2, 0.25) is 0 Å². The van der Waals surface area contributed by atoms with Crippen molar-refractivity contribution in [2.75, 3.05) is 32.5 Å². The molecule has 120 valence electrons. The molecule has 0 bridgehead atoms. The minimum atomic E-state index is 0.0943. The molecule has 0 unspecified atom stereocenters. The molecule has 0 amide bonds. The van der Waals surface area contributed by atoms with E-state index < -0.39 is 0 Å². The van der Waals surface area contributed by atoms with Gasteiger partial charge in [-0.25, -0.2) is 9.97 Å². The Morgan fingerprint density at radius 1 is 1.30 bits per heavy atom. The van der Waals surface area contributed by atoms with E-state index >= 15 is 0 Å². The first kappa shape index (κ1) is 15.6. The highest BCUT2D eigenvalue weighted by molar-refractivity contribution is 5.96. The van der Waals surface area contributed by atoms with Crippen molar-refractivity contribution in [3.05, 3.63) is 41.3 Å². The summed E-state index contributed by atoms with van der Waals surface area (Å²) in [6.07, 6.45) is 3.44. The SMILES string of the molecule is CC(=O)c1ccc2c(c1)Cc1ncnc(NCCCN(C)C)c1-2. The number of rotatable bonds is 6. The van der Waals surface area contributed by atoms with Gasteiger partial charge >= 0.3 is 0 Å². The Kier molecular flexibility index (Phi) is 4.39. The highest BCUT2D eigenvalue weighted by atomic mass is 16.1.